The van der Waals surface area contributed by atoms with Gasteiger partial charge in [0.1, 0.15) is 11.4 Å². The van der Waals surface area contributed by atoms with Crippen molar-refractivity contribution >= 4 is 23.5 Å². The van der Waals surface area contributed by atoms with Crippen LogP contribution in [0, 0.1) is 5.82 Å². The number of unbranched alkanes of at least 4 members (excludes halogenated alkanes) is 1. The van der Waals surface area contributed by atoms with Crippen LogP contribution in [0.15, 0.2) is 36.4 Å². The summed E-state index contributed by atoms with van der Waals surface area (Å²) < 4.78 is 19.1. The second-order valence-electron chi connectivity index (χ2n) is 10.7. The standard InChI is InChI=1S/C29H35FN2O4/c1-29(2,3)36-28(35)31(15-12-20-7-6-8-24(30)17-20)14-5-4-9-25(33)23-18-21-10-11-26(34)32-16-13-22(19-23)27(21)32/h6-8,17-19H,4-5,9-16H2,1-3H3. The Labute approximate surface area is 212 Å². The zero-order chi connectivity index (χ0) is 25.9. The van der Waals surface area contributed by atoms with Crippen LogP contribution in [0.3, 0.4) is 0 Å². The monoisotopic (exact) mass is 494 g/mol. The van der Waals surface area contributed by atoms with Crippen molar-refractivity contribution in [3.63, 3.8) is 0 Å². The lowest BCUT2D eigenvalue weighted by Crippen LogP contribution is -2.38. The van der Waals surface area contributed by atoms with E-state index in [9.17, 15) is 18.8 Å². The number of aryl methyl sites for hydroxylation is 1. The molecule has 0 bridgehead atoms. The maximum Gasteiger partial charge on any atom is 0.410 e. The van der Waals surface area contributed by atoms with Crippen LogP contribution in [0.1, 0.15) is 73.5 Å². The highest BCUT2D eigenvalue weighted by molar-refractivity contribution is 6.02. The van der Waals surface area contributed by atoms with Crippen molar-refractivity contribution in [2.75, 3.05) is 24.5 Å². The Morgan fingerprint density at radius 2 is 1.78 bits per heavy atom. The number of ketones is 1. The van der Waals surface area contributed by atoms with E-state index in [1.54, 1.807) is 11.0 Å². The third-order valence-electron chi connectivity index (χ3n) is 6.67. The van der Waals surface area contributed by atoms with E-state index in [1.807, 2.05) is 43.9 Å². The first-order valence-electron chi connectivity index (χ1n) is 12.8. The molecule has 0 unspecified atom stereocenters. The number of carbonyl (C=O) groups is 3. The van der Waals surface area contributed by atoms with Gasteiger partial charge in [0, 0.05) is 38.0 Å². The molecule has 0 aromatic heterocycles. The number of hydrogen-bond acceptors (Lipinski definition) is 4. The Kier molecular flexibility index (Phi) is 7.76. The molecule has 0 saturated heterocycles. The number of rotatable bonds is 9. The van der Waals surface area contributed by atoms with Gasteiger partial charge in [-0.1, -0.05) is 12.1 Å². The molecule has 2 aromatic carbocycles. The molecule has 0 saturated carbocycles. The third-order valence-corrected chi connectivity index (χ3v) is 6.67. The zero-order valence-corrected chi connectivity index (χ0v) is 21.4. The summed E-state index contributed by atoms with van der Waals surface area (Å²) in [5, 5.41) is 0. The predicted molar refractivity (Wildman–Crippen MR) is 137 cm³/mol. The van der Waals surface area contributed by atoms with Gasteiger partial charge in [0.05, 0.1) is 5.69 Å². The molecule has 2 aromatic rings. The number of benzene rings is 2. The Bertz CT molecular complexity index is 1150. The summed E-state index contributed by atoms with van der Waals surface area (Å²) in [6.45, 7) is 7.06. The van der Waals surface area contributed by atoms with Gasteiger partial charge in [-0.3, -0.25) is 9.59 Å². The number of nitrogens with zero attached hydrogens (tertiary/aromatic N) is 2. The van der Waals surface area contributed by atoms with Crippen molar-refractivity contribution in [2.24, 2.45) is 0 Å². The van der Waals surface area contributed by atoms with Gasteiger partial charge in [-0.15, -0.1) is 0 Å². The van der Waals surface area contributed by atoms with E-state index in [0.717, 1.165) is 34.4 Å². The minimum atomic E-state index is -0.613. The van der Waals surface area contributed by atoms with Gasteiger partial charge >= 0.3 is 6.09 Å². The molecule has 2 aliphatic rings. The largest absolute Gasteiger partial charge is 0.444 e. The second kappa shape index (κ2) is 10.8. The highest BCUT2D eigenvalue weighted by atomic mass is 19.1. The van der Waals surface area contributed by atoms with Crippen LogP contribution in [0.2, 0.25) is 0 Å². The highest BCUT2D eigenvalue weighted by Gasteiger charge is 2.32. The molecule has 4 rings (SSSR count). The van der Waals surface area contributed by atoms with Gasteiger partial charge < -0.3 is 14.5 Å². The second-order valence-corrected chi connectivity index (χ2v) is 10.7. The summed E-state index contributed by atoms with van der Waals surface area (Å²) in [6, 6.07) is 10.3. The van der Waals surface area contributed by atoms with Crippen molar-refractivity contribution in [1.29, 1.82) is 0 Å². The number of anilines is 1. The fourth-order valence-electron chi connectivity index (χ4n) is 4.93. The van der Waals surface area contributed by atoms with Crippen molar-refractivity contribution in [1.82, 2.24) is 4.90 Å². The number of ether oxygens (including phenoxy) is 1. The molecule has 0 aliphatic carbocycles. The lowest BCUT2D eigenvalue weighted by Gasteiger charge is -2.27. The van der Waals surface area contributed by atoms with Gasteiger partial charge in [-0.2, -0.15) is 0 Å². The number of Topliss-reactive ketones (excluding diaryl/α,β-unsaturated/α-hetero) is 1. The van der Waals surface area contributed by atoms with Crippen molar-refractivity contribution in [2.45, 2.75) is 71.3 Å². The molecule has 192 valence electrons. The fraction of sp³-hybridized carbons (Fsp3) is 0.483. The molecule has 2 amide bonds. The van der Waals surface area contributed by atoms with E-state index < -0.39 is 11.7 Å². The maximum absolute atomic E-state index is 13.5. The van der Waals surface area contributed by atoms with Crippen molar-refractivity contribution in [3.8, 4) is 0 Å². The van der Waals surface area contributed by atoms with Gasteiger partial charge in [0.25, 0.3) is 0 Å². The Hall–Kier alpha value is -3.22. The number of hydrogen-bond donors (Lipinski definition) is 0. The predicted octanol–water partition coefficient (Wildman–Crippen LogP) is 5.49. The Balaban J connectivity index is 1.33. The molecule has 2 heterocycles. The minimum absolute atomic E-state index is 0.0907. The molecule has 7 heteroatoms. The third kappa shape index (κ3) is 6.31. The van der Waals surface area contributed by atoms with E-state index in [4.69, 9.17) is 4.74 Å². The highest BCUT2D eigenvalue weighted by Crippen LogP contribution is 2.37. The summed E-state index contributed by atoms with van der Waals surface area (Å²) >= 11 is 0. The zero-order valence-electron chi connectivity index (χ0n) is 21.4. The molecule has 0 atom stereocenters. The smallest absolute Gasteiger partial charge is 0.410 e. The normalized spacial score (nSPS) is 14.6. The first-order valence-corrected chi connectivity index (χ1v) is 12.8. The molecular weight excluding hydrogens is 459 g/mol. The molecule has 6 nitrogen and oxygen atoms in total. The molecule has 2 aliphatic heterocycles. The summed E-state index contributed by atoms with van der Waals surface area (Å²) in [4.78, 5) is 41.4. The average molecular weight is 495 g/mol. The number of halogens is 1. The summed E-state index contributed by atoms with van der Waals surface area (Å²) in [5.41, 5.74) is 4.14. The summed E-state index contributed by atoms with van der Waals surface area (Å²) in [6.07, 6.45) is 3.81. The lowest BCUT2D eigenvalue weighted by atomic mass is 9.94. The maximum atomic E-state index is 13.5. The average Bonchev–Trinajstić information content (AvgIpc) is 3.25. The molecule has 0 radical (unpaired) electrons. The van der Waals surface area contributed by atoms with Gasteiger partial charge in [-0.05, 0) is 93.8 Å². The Morgan fingerprint density at radius 1 is 1.03 bits per heavy atom. The van der Waals surface area contributed by atoms with Crippen LogP contribution in [0.5, 0.6) is 0 Å². The van der Waals surface area contributed by atoms with Crippen molar-refractivity contribution in [3.05, 3.63) is 64.5 Å². The molecule has 0 fully saturated rings. The molecule has 0 spiro atoms. The molecule has 36 heavy (non-hydrogen) atoms. The van der Waals surface area contributed by atoms with E-state index in [2.05, 4.69) is 0 Å². The van der Waals surface area contributed by atoms with Gasteiger partial charge in [-0.25, -0.2) is 9.18 Å². The summed E-state index contributed by atoms with van der Waals surface area (Å²) in [5.74, 6) is -0.0323. The van der Waals surface area contributed by atoms with E-state index >= 15 is 0 Å². The summed E-state index contributed by atoms with van der Waals surface area (Å²) in [7, 11) is 0. The number of carbonyl (C=O) groups excluding carboxylic acids is 3. The first kappa shape index (κ1) is 25.9. The lowest BCUT2D eigenvalue weighted by molar-refractivity contribution is -0.118. The quantitative estimate of drug-likeness (QED) is 0.341. The Morgan fingerprint density at radius 3 is 2.50 bits per heavy atom. The minimum Gasteiger partial charge on any atom is -0.444 e. The molecule has 0 N–H and O–H groups in total. The topological polar surface area (TPSA) is 66.9 Å². The van der Waals surface area contributed by atoms with Gasteiger partial charge in [0.15, 0.2) is 5.78 Å². The van der Waals surface area contributed by atoms with Crippen molar-refractivity contribution < 1.29 is 23.5 Å². The van der Waals surface area contributed by atoms with Crippen LogP contribution in [0.25, 0.3) is 0 Å². The van der Waals surface area contributed by atoms with Crippen LogP contribution in [-0.4, -0.2) is 47.9 Å². The van der Waals surface area contributed by atoms with E-state index in [1.165, 1.54) is 12.1 Å². The SMILES string of the molecule is CC(C)(C)OC(=O)N(CCCCC(=O)c1cc2c3c(c1)CCN3C(=O)CC2)CCc1cccc(F)c1. The molecular formula is C29H35FN2O4. The fourth-order valence-corrected chi connectivity index (χ4v) is 4.93. The van der Waals surface area contributed by atoms with Gasteiger partial charge in [0.2, 0.25) is 5.91 Å². The van der Waals surface area contributed by atoms with Crippen LogP contribution in [0.4, 0.5) is 14.9 Å². The van der Waals surface area contributed by atoms with Crippen LogP contribution >= 0.6 is 0 Å². The van der Waals surface area contributed by atoms with E-state index in [-0.39, 0.29) is 17.5 Å². The first-order chi connectivity index (χ1) is 17.1. The van der Waals surface area contributed by atoms with E-state index in [0.29, 0.717) is 58.2 Å². The van der Waals surface area contributed by atoms with Crippen LogP contribution in [-0.2, 0) is 28.8 Å². The number of amides is 2. The van der Waals surface area contributed by atoms with Crippen LogP contribution < -0.4 is 4.90 Å².